The molecule has 2 amide bonds. The summed E-state index contributed by atoms with van der Waals surface area (Å²) in [7, 11) is 0. The van der Waals surface area contributed by atoms with E-state index < -0.39 is 10.8 Å². The van der Waals surface area contributed by atoms with Gasteiger partial charge in [-0.3, -0.25) is 19.7 Å². The highest BCUT2D eigenvalue weighted by Crippen LogP contribution is 2.18. The van der Waals surface area contributed by atoms with Crippen LogP contribution in [0.4, 0.5) is 5.69 Å². The molecule has 0 fully saturated rings. The maximum atomic E-state index is 11.8. The molecule has 1 aromatic rings. The van der Waals surface area contributed by atoms with Gasteiger partial charge in [0.15, 0.2) is 0 Å². The molecule has 0 saturated carbocycles. The fraction of sp³-hybridized carbons (Fsp3) is 0.385. The van der Waals surface area contributed by atoms with Gasteiger partial charge in [0.2, 0.25) is 5.91 Å². The van der Waals surface area contributed by atoms with Crippen molar-refractivity contribution in [3.05, 3.63) is 39.4 Å². The van der Waals surface area contributed by atoms with Crippen molar-refractivity contribution in [2.75, 3.05) is 13.1 Å². The molecule has 0 aliphatic heterocycles. The van der Waals surface area contributed by atoms with Crippen LogP contribution in [0.2, 0.25) is 0 Å². The van der Waals surface area contributed by atoms with Gasteiger partial charge in [-0.2, -0.15) is 0 Å². The monoisotopic (exact) mass is 279 g/mol. The number of nitrogens with zero attached hydrogens (tertiary/aromatic N) is 1. The molecule has 108 valence electrons. The van der Waals surface area contributed by atoms with Crippen LogP contribution < -0.4 is 10.6 Å². The highest BCUT2D eigenvalue weighted by molar-refractivity contribution is 5.96. The summed E-state index contributed by atoms with van der Waals surface area (Å²) in [6.07, 6.45) is 0.821. The molecule has 0 heterocycles. The first-order chi connectivity index (χ1) is 9.45. The van der Waals surface area contributed by atoms with Crippen LogP contribution in [0.15, 0.2) is 18.2 Å². The van der Waals surface area contributed by atoms with Crippen LogP contribution in [0, 0.1) is 17.0 Å². The molecule has 0 spiro atoms. The summed E-state index contributed by atoms with van der Waals surface area (Å²) in [5.41, 5.74) is 0.650. The lowest BCUT2D eigenvalue weighted by atomic mass is 10.1. The summed E-state index contributed by atoms with van der Waals surface area (Å²) in [6, 6.07) is 4.07. The first kappa shape index (κ1) is 15.6. The molecule has 0 saturated heterocycles. The van der Waals surface area contributed by atoms with Crippen LogP contribution in [0.5, 0.6) is 0 Å². The topological polar surface area (TPSA) is 101 Å². The van der Waals surface area contributed by atoms with E-state index in [9.17, 15) is 19.7 Å². The number of amides is 2. The Bertz CT molecular complexity index is 528. The number of carbonyl (C=O) groups excluding carboxylic acids is 2. The minimum absolute atomic E-state index is 0.0396. The van der Waals surface area contributed by atoms with Crippen molar-refractivity contribution in [3.8, 4) is 0 Å². The summed E-state index contributed by atoms with van der Waals surface area (Å²) in [5, 5.41) is 15.8. The van der Waals surface area contributed by atoms with Gasteiger partial charge in [-0.1, -0.05) is 6.92 Å². The first-order valence-corrected chi connectivity index (χ1v) is 6.25. The minimum atomic E-state index is -0.505. The van der Waals surface area contributed by atoms with Gasteiger partial charge in [0.05, 0.1) is 11.5 Å². The largest absolute Gasteiger partial charge is 0.355 e. The van der Waals surface area contributed by atoms with Gasteiger partial charge >= 0.3 is 0 Å². The average Bonchev–Trinajstić information content (AvgIpc) is 2.41. The zero-order valence-corrected chi connectivity index (χ0v) is 11.4. The fourth-order valence-corrected chi connectivity index (χ4v) is 1.59. The van der Waals surface area contributed by atoms with Crippen molar-refractivity contribution in [1.29, 1.82) is 0 Å². The van der Waals surface area contributed by atoms with Gasteiger partial charge in [0, 0.05) is 23.7 Å². The zero-order chi connectivity index (χ0) is 15.1. The summed E-state index contributed by atoms with van der Waals surface area (Å²) < 4.78 is 0. The van der Waals surface area contributed by atoms with Crippen molar-refractivity contribution in [3.63, 3.8) is 0 Å². The Kier molecular flexibility index (Phi) is 5.64. The maximum absolute atomic E-state index is 11.8. The Hall–Kier alpha value is -2.44. The fourth-order valence-electron chi connectivity index (χ4n) is 1.59. The number of nitro groups is 1. The molecule has 0 aromatic heterocycles. The van der Waals surface area contributed by atoms with E-state index in [0.29, 0.717) is 12.1 Å². The minimum Gasteiger partial charge on any atom is -0.355 e. The van der Waals surface area contributed by atoms with E-state index in [1.165, 1.54) is 18.2 Å². The van der Waals surface area contributed by atoms with Crippen LogP contribution in [-0.4, -0.2) is 29.8 Å². The van der Waals surface area contributed by atoms with E-state index in [4.69, 9.17) is 0 Å². The number of rotatable bonds is 6. The number of carbonyl (C=O) groups is 2. The number of nitro benzene ring substituents is 1. The van der Waals surface area contributed by atoms with Crippen LogP contribution in [-0.2, 0) is 4.79 Å². The lowest BCUT2D eigenvalue weighted by molar-refractivity contribution is -0.385. The van der Waals surface area contributed by atoms with Crippen molar-refractivity contribution in [1.82, 2.24) is 10.6 Å². The van der Waals surface area contributed by atoms with Crippen LogP contribution in [0.1, 0.15) is 29.3 Å². The molecule has 0 radical (unpaired) electrons. The summed E-state index contributed by atoms with van der Waals surface area (Å²) >= 11 is 0. The van der Waals surface area contributed by atoms with E-state index in [1.807, 2.05) is 6.92 Å². The van der Waals surface area contributed by atoms with Gasteiger partial charge in [-0.15, -0.1) is 0 Å². The van der Waals surface area contributed by atoms with Crippen molar-refractivity contribution in [2.24, 2.45) is 0 Å². The Labute approximate surface area is 116 Å². The summed E-state index contributed by atoms with van der Waals surface area (Å²) in [5.74, 6) is -0.700. The Morgan fingerprint density at radius 2 is 2.00 bits per heavy atom. The van der Waals surface area contributed by atoms with Gasteiger partial charge < -0.3 is 10.6 Å². The molecule has 0 aliphatic carbocycles. The molecule has 7 nitrogen and oxygen atoms in total. The molecule has 0 atom stereocenters. The third kappa shape index (κ3) is 4.34. The van der Waals surface area contributed by atoms with E-state index in [0.717, 1.165) is 6.42 Å². The molecular formula is C13H17N3O4. The summed E-state index contributed by atoms with van der Waals surface area (Å²) in [6.45, 7) is 3.93. The second-order valence-electron chi connectivity index (χ2n) is 4.29. The Morgan fingerprint density at radius 3 is 2.55 bits per heavy atom. The molecular weight excluding hydrogens is 262 g/mol. The highest BCUT2D eigenvalue weighted by Gasteiger charge is 2.14. The van der Waals surface area contributed by atoms with Crippen LogP contribution >= 0.6 is 0 Å². The van der Waals surface area contributed by atoms with E-state index in [1.54, 1.807) is 6.92 Å². The normalized spacial score (nSPS) is 9.90. The highest BCUT2D eigenvalue weighted by atomic mass is 16.6. The lowest BCUT2D eigenvalue weighted by Gasteiger charge is -2.06. The Morgan fingerprint density at radius 1 is 1.30 bits per heavy atom. The number of hydrogen-bond acceptors (Lipinski definition) is 4. The molecule has 7 heteroatoms. The predicted molar refractivity (Wildman–Crippen MR) is 73.5 cm³/mol. The molecule has 2 N–H and O–H groups in total. The molecule has 0 bridgehead atoms. The van der Waals surface area contributed by atoms with Gasteiger partial charge in [-0.05, 0) is 25.5 Å². The second-order valence-corrected chi connectivity index (χ2v) is 4.29. The van der Waals surface area contributed by atoms with Crippen molar-refractivity contribution >= 4 is 17.5 Å². The summed E-state index contributed by atoms with van der Waals surface area (Å²) in [4.78, 5) is 33.3. The number of benzene rings is 1. The third-order valence-electron chi connectivity index (χ3n) is 2.64. The standard InChI is InChI=1S/C13H17N3O4/c1-3-6-14-12(17)8-15-13(18)10-4-5-11(16(19)20)9(2)7-10/h4-5,7H,3,6,8H2,1-2H3,(H,14,17)(H,15,18). The second kappa shape index (κ2) is 7.22. The van der Waals surface area contributed by atoms with E-state index >= 15 is 0 Å². The van der Waals surface area contributed by atoms with E-state index in [2.05, 4.69) is 10.6 Å². The van der Waals surface area contributed by atoms with Gasteiger partial charge in [-0.25, -0.2) is 0 Å². The van der Waals surface area contributed by atoms with Crippen molar-refractivity contribution < 1.29 is 14.5 Å². The Balaban J connectivity index is 2.62. The zero-order valence-electron chi connectivity index (χ0n) is 11.4. The molecule has 1 aromatic carbocycles. The quantitative estimate of drug-likeness (QED) is 0.602. The van der Waals surface area contributed by atoms with Gasteiger partial charge in [0.25, 0.3) is 11.6 Å². The predicted octanol–water partition coefficient (Wildman–Crippen LogP) is 1.16. The third-order valence-corrected chi connectivity index (χ3v) is 2.64. The van der Waals surface area contributed by atoms with Crippen LogP contribution in [0.3, 0.4) is 0 Å². The average molecular weight is 279 g/mol. The number of hydrogen-bond donors (Lipinski definition) is 2. The van der Waals surface area contributed by atoms with Crippen LogP contribution in [0.25, 0.3) is 0 Å². The SMILES string of the molecule is CCCNC(=O)CNC(=O)c1ccc([N+](=O)[O-])c(C)c1. The molecule has 1 rings (SSSR count). The smallest absolute Gasteiger partial charge is 0.272 e. The number of aryl methyl sites for hydroxylation is 1. The lowest BCUT2D eigenvalue weighted by Crippen LogP contribution is -2.37. The maximum Gasteiger partial charge on any atom is 0.272 e. The van der Waals surface area contributed by atoms with E-state index in [-0.39, 0.29) is 23.7 Å². The molecule has 0 unspecified atom stereocenters. The van der Waals surface area contributed by atoms with Gasteiger partial charge in [0.1, 0.15) is 0 Å². The molecule has 0 aliphatic rings. The van der Waals surface area contributed by atoms with Crippen molar-refractivity contribution in [2.45, 2.75) is 20.3 Å². The number of nitrogens with one attached hydrogen (secondary N) is 2. The first-order valence-electron chi connectivity index (χ1n) is 6.25. The molecule has 20 heavy (non-hydrogen) atoms.